The molecule has 0 spiro atoms. The van der Waals surface area contributed by atoms with Gasteiger partial charge in [-0.25, -0.2) is 0 Å². The molecule has 0 amide bonds. The van der Waals surface area contributed by atoms with Crippen molar-refractivity contribution < 1.29 is 4.73 Å². The summed E-state index contributed by atoms with van der Waals surface area (Å²) in [6.07, 6.45) is 4.92. The van der Waals surface area contributed by atoms with Gasteiger partial charge in [-0.3, -0.25) is 4.98 Å². The van der Waals surface area contributed by atoms with Crippen molar-refractivity contribution in [2.45, 2.75) is 10.6 Å². The minimum absolute atomic E-state index is 0.612. The van der Waals surface area contributed by atoms with E-state index in [2.05, 4.69) is 17.1 Å². The van der Waals surface area contributed by atoms with E-state index in [1.807, 2.05) is 30.5 Å². The van der Waals surface area contributed by atoms with Crippen LogP contribution in [-0.4, -0.2) is 4.98 Å². The zero-order chi connectivity index (χ0) is 13.1. The summed E-state index contributed by atoms with van der Waals surface area (Å²) in [5, 5.41) is 12.6. The van der Waals surface area contributed by atoms with Crippen molar-refractivity contribution in [3.05, 3.63) is 71.8 Å². The molecule has 1 aromatic carbocycles. The van der Waals surface area contributed by atoms with Crippen molar-refractivity contribution in [2.24, 2.45) is 0 Å². The van der Waals surface area contributed by atoms with Gasteiger partial charge in [0.05, 0.1) is 5.39 Å². The number of hydrogen-bond donors (Lipinski definition) is 0. The number of benzene rings is 1. The molecule has 0 fully saturated rings. The van der Waals surface area contributed by atoms with Gasteiger partial charge in [0.15, 0.2) is 6.20 Å². The molecule has 19 heavy (non-hydrogen) atoms. The van der Waals surface area contributed by atoms with Crippen LogP contribution in [0.5, 0.6) is 0 Å². The van der Waals surface area contributed by atoms with E-state index in [0.29, 0.717) is 5.52 Å². The summed E-state index contributed by atoms with van der Waals surface area (Å²) in [6.45, 7) is 0. The molecule has 0 radical (unpaired) electrons. The number of pyridine rings is 2. The third-order valence-electron chi connectivity index (χ3n) is 2.89. The lowest BCUT2D eigenvalue weighted by atomic mass is 10.2. The second-order valence-electron chi connectivity index (χ2n) is 4.18. The summed E-state index contributed by atoms with van der Waals surface area (Å²) in [7, 11) is 0. The number of nitrogens with zero attached hydrogens (tertiary/aromatic N) is 2. The second kappa shape index (κ2) is 5.28. The van der Waals surface area contributed by atoms with Gasteiger partial charge in [0.25, 0.3) is 0 Å². The monoisotopic (exact) mass is 268 g/mol. The minimum atomic E-state index is 0.612. The van der Waals surface area contributed by atoms with E-state index >= 15 is 0 Å². The van der Waals surface area contributed by atoms with Crippen molar-refractivity contribution in [3.63, 3.8) is 0 Å². The molecule has 2 heterocycles. The first-order chi connectivity index (χ1) is 9.34. The number of aromatic nitrogens is 2. The SMILES string of the molecule is [O-][n+]1cccc2c(SCc3ccccc3)cncc21. The topological polar surface area (TPSA) is 39.8 Å². The van der Waals surface area contributed by atoms with Gasteiger partial charge in [0, 0.05) is 22.9 Å². The molecule has 0 saturated carbocycles. The van der Waals surface area contributed by atoms with Gasteiger partial charge in [-0.2, -0.15) is 4.73 Å². The molecule has 3 nitrogen and oxygen atoms in total. The molecule has 94 valence electrons. The molecule has 4 heteroatoms. The van der Waals surface area contributed by atoms with Crippen LogP contribution in [0.1, 0.15) is 5.56 Å². The Morgan fingerprint density at radius 3 is 2.74 bits per heavy atom. The number of fused-ring (bicyclic) bond motifs is 1. The first kappa shape index (κ1) is 12.0. The number of thioether (sulfide) groups is 1. The molecule has 0 unspecified atom stereocenters. The van der Waals surface area contributed by atoms with Crippen LogP contribution < -0.4 is 4.73 Å². The first-order valence-electron chi connectivity index (χ1n) is 5.97. The predicted molar refractivity (Wildman–Crippen MR) is 76.7 cm³/mol. The van der Waals surface area contributed by atoms with Crippen molar-refractivity contribution >= 4 is 22.7 Å². The maximum absolute atomic E-state index is 11.7. The van der Waals surface area contributed by atoms with Crippen molar-refractivity contribution in [2.75, 3.05) is 0 Å². The van der Waals surface area contributed by atoms with Crippen LogP contribution in [-0.2, 0) is 5.75 Å². The molecule has 0 saturated heterocycles. The van der Waals surface area contributed by atoms with Gasteiger partial charge in [0.2, 0.25) is 5.52 Å². The smallest absolute Gasteiger partial charge is 0.243 e. The molecular formula is C15H12N2OS. The Hall–Kier alpha value is -2.07. The lowest BCUT2D eigenvalue weighted by Crippen LogP contribution is -2.25. The van der Waals surface area contributed by atoms with Crippen LogP contribution in [0, 0.1) is 5.21 Å². The van der Waals surface area contributed by atoms with Gasteiger partial charge in [-0.1, -0.05) is 30.3 Å². The highest BCUT2D eigenvalue weighted by Crippen LogP contribution is 2.27. The van der Waals surface area contributed by atoms with E-state index in [9.17, 15) is 5.21 Å². The summed E-state index contributed by atoms with van der Waals surface area (Å²) in [5.74, 6) is 0.870. The van der Waals surface area contributed by atoms with Crippen LogP contribution in [0.25, 0.3) is 10.9 Å². The molecule has 0 aliphatic rings. The molecule has 0 bridgehead atoms. The Morgan fingerprint density at radius 2 is 1.89 bits per heavy atom. The molecule has 0 atom stereocenters. The molecule has 3 aromatic rings. The normalized spacial score (nSPS) is 10.7. The fraction of sp³-hybridized carbons (Fsp3) is 0.0667. The molecule has 0 N–H and O–H groups in total. The standard InChI is InChI=1S/C15H12N2OS/c18-17-8-4-7-13-14(17)9-16-10-15(13)19-11-12-5-2-1-3-6-12/h1-10H,11H2. The fourth-order valence-electron chi connectivity index (χ4n) is 1.93. The lowest BCUT2D eigenvalue weighted by Gasteiger charge is -2.06. The first-order valence-corrected chi connectivity index (χ1v) is 6.96. The highest BCUT2D eigenvalue weighted by molar-refractivity contribution is 7.98. The van der Waals surface area contributed by atoms with E-state index in [-0.39, 0.29) is 0 Å². The van der Waals surface area contributed by atoms with Crippen LogP contribution >= 0.6 is 11.8 Å². The third kappa shape index (κ3) is 2.53. The molecule has 2 aromatic heterocycles. The largest absolute Gasteiger partial charge is 0.618 e. The zero-order valence-corrected chi connectivity index (χ0v) is 11.0. The number of hydrogen-bond acceptors (Lipinski definition) is 3. The molecular weight excluding hydrogens is 256 g/mol. The second-order valence-corrected chi connectivity index (χ2v) is 5.20. The van der Waals surface area contributed by atoms with Crippen LogP contribution in [0.15, 0.2) is 66.0 Å². The van der Waals surface area contributed by atoms with Gasteiger partial charge < -0.3 is 5.21 Å². The molecule has 3 rings (SSSR count). The minimum Gasteiger partial charge on any atom is -0.618 e. The Balaban J connectivity index is 1.91. The quantitative estimate of drug-likeness (QED) is 0.416. The Bertz CT molecular complexity index is 701. The fourth-order valence-corrected chi connectivity index (χ4v) is 2.91. The van der Waals surface area contributed by atoms with Crippen molar-refractivity contribution in [1.82, 2.24) is 4.98 Å². The summed E-state index contributed by atoms with van der Waals surface area (Å²) in [5.41, 5.74) is 1.87. The summed E-state index contributed by atoms with van der Waals surface area (Å²) in [4.78, 5) is 5.18. The van der Waals surface area contributed by atoms with E-state index < -0.39 is 0 Å². The summed E-state index contributed by atoms with van der Waals surface area (Å²) in [6, 6.07) is 14.0. The van der Waals surface area contributed by atoms with Gasteiger partial charge in [-0.15, -0.1) is 11.8 Å². The summed E-state index contributed by atoms with van der Waals surface area (Å²) < 4.78 is 0.856. The Morgan fingerprint density at radius 1 is 1.05 bits per heavy atom. The average Bonchev–Trinajstić information content (AvgIpc) is 2.47. The lowest BCUT2D eigenvalue weighted by molar-refractivity contribution is -0.577. The van der Waals surface area contributed by atoms with E-state index in [1.54, 1.807) is 24.0 Å². The van der Waals surface area contributed by atoms with Crippen LogP contribution in [0.3, 0.4) is 0 Å². The highest BCUT2D eigenvalue weighted by atomic mass is 32.2. The molecule has 0 aliphatic carbocycles. The van der Waals surface area contributed by atoms with Crippen LogP contribution in [0.2, 0.25) is 0 Å². The van der Waals surface area contributed by atoms with Gasteiger partial charge >= 0.3 is 0 Å². The van der Waals surface area contributed by atoms with Crippen LogP contribution in [0.4, 0.5) is 0 Å². The summed E-state index contributed by atoms with van der Waals surface area (Å²) >= 11 is 1.70. The average molecular weight is 268 g/mol. The number of rotatable bonds is 3. The predicted octanol–water partition coefficient (Wildman–Crippen LogP) is 3.16. The Kier molecular flexibility index (Phi) is 3.33. The maximum Gasteiger partial charge on any atom is 0.243 e. The van der Waals surface area contributed by atoms with E-state index in [0.717, 1.165) is 20.8 Å². The van der Waals surface area contributed by atoms with E-state index in [4.69, 9.17) is 0 Å². The zero-order valence-electron chi connectivity index (χ0n) is 10.2. The van der Waals surface area contributed by atoms with Crippen molar-refractivity contribution in [3.8, 4) is 0 Å². The highest BCUT2D eigenvalue weighted by Gasteiger charge is 2.08. The Labute approximate surface area is 115 Å². The van der Waals surface area contributed by atoms with E-state index in [1.165, 1.54) is 11.8 Å². The maximum atomic E-state index is 11.7. The third-order valence-corrected chi connectivity index (χ3v) is 4.00. The van der Waals surface area contributed by atoms with Crippen molar-refractivity contribution in [1.29, 1.82) is 0 Å². The van der Waals surface area contributed by atoms with Gasteiger partial charge in [0.1, 0.15) is 6.20 Å². The van der Waals surface area contributed by atoms with Gasteiger partial charge in [-0.05, 0) is 11.6 Å². The molecule has 0 aliphatic heterocycles.